The third-order valence-electron chi connectivity index (χ3n) is 7.71. The van der Waals surface area contributed by atoms with Crippen molar-refractivity contribution in [1.29, 1.82) is 0 Å². The molecule has 1 aromatic rings. The molecule has 1 N–H and O–H groups in total. The molecule has 6 nitrogen and oxygen atoms in total. The van der Waals surface area contributed by atoms with Crippen LogP contribution < -0.4 is 5.32 Å². The first-order valence-electron chi connectivity index (χ1n) is 13.2. The van der Waals surface area contributed by atoms with E-state index < -0.39 is 29.7 Å². The van der Waals surface area contributed by atoms with Crippen molar-refractivity contribution in [2.24, 2.45) is 23.7 Å². The second-order valence-electron chi connectivity index (χ2n) is 11.2. The van der Waals surface area contributed by atoms with E-state index in [0.717, 1.165) is 25.3 Å². The Hall–Kier alpha value is -2.51. The highest BCUT2D eigenvalue weighted by molar-refractivity contribution is 5.86. The van der Waals surface area contributed by atoms with Gasteiger partial charge in [0.1, 0.15) is 12.1 Å². The van der Waals surface area contributed by atoms with Crippen LogP contribution in [0.25, 0.3) is 0 Å². The quantitative estimate of drug-likeness (QED) is 0.479. The van der Waals surface area contributed by atoms with E-state index in [1.165, 1.54) is 17.0 Å². The van der Waals surface area contributed by atoms with Gasteiger partial charge in [0.25, 0.3) is 0 Å². The van der Waals surface area contributed by atoms with E-state index in [1.54, 1.807) is 0 Å². The molecule has 1 saturated heterocycles. The number of amides is 2. The van der Waals surface area contributed by atoms with E-state index in [2.05, 4.69) is 26.1 Å². The standard InChI is InChI=1S/C28H40F2N2O4/c1-16(2)21-11-9-18(5)13-23(21)36-28(35)27(17(3)4)31-24(33)14-20-10-12-25(34)32(20)15-19-7-6-8-22(29)26(19)30/h6-8,16-18,20-21,23,27H,9-15H2,1-5H3,(H,31,33)/t18-,20+,21+,23-,27+/m1/s1. The summed E-state index contributed by atoms with van der Waals surface area (Å²) in [6, 6.07) is 2.61. The van der Waals surface area contributed by atoms with Crippen LogP contribution >= 0.6 is 0 Å². The topological polar surface area (TPSA) is 75.7 Å². The molecule has 0 unspecified atom stereocenters. The van der Waals surface area contributed by atoms with Crippen molar-refractivity contribution < 1.29 is 27.9 Å². The lowest BCUT2D eigenvalue weighted by Crippen LogP contribution is -2.49. The van der Waals surface area contributed by atoms with Crippen molar-refractivity contribution in [3.05, 3.63) is 35.4 Å². The Morgan fingerprint density at radius 1 is 1.14 bits per heavy atom. The lowest BCUT2D eigenvalue weighted by Gasteiger charge is -2.37. The highest BCUT2D eigenvalue weighted by Crippen LogP contribution is 2.35. The summed E-state index contributed by atoms with van der Waals surface area (Å²) in [5.41, 5.74) is 0.0701. The zero-order chi connectivity index (χ0) is 26.6. The number of nitrogens with zero attached hydrogens (tertiary/aromatic N) is 1. The molecule has 36 heavy (non-hydrogen) atoms. The number of halogens is 2. The summed E-state index contributed by atoms with van der Waals surface area (Å²) in [6.07, 6.45) is 3.46. The third kappa shape index (κ3) is 6.83. The van der Waals surface area contributed by atoms with Crippen molar-refractivity contribution in [1.82, 2.24) is 10.2 Å². The SMILES string of the molecule is CC(C)[C@H](NC(=O)C[C@@H]1CCC(=O)N1Cc1cccc(F)c1F)C(=O)O[C@@H]1C[C@H](C)CC[C@H]1C(C)C. The number of likely N-dealkylation sites (tertiary alicyclic amines) is 1. The summed E-state index contributed by atoms with van der Waals surface area (Å²) in [7, 11) is 0. The van der Waals surface area contributed by atoms with Crippen LogP contribution in [0.3, 0.4) is 0 Å². The number of benzene rings is 1. The van der Waals surface area contributed by atoms with Crippen LogP contribution in [-0.4, -0.2) is 40.9 Å². The van der Waals surface area contributed by atoms with Crippen LogP contribution in [0, 0.1) is 35.3 Å². The van der Waals surface area contributed by atoms with Crippen LogP contribution in [0.15, 0.2) is 18.2 Å². The van der Waals surface area contributed by atoms with Crippen LogP contribution in [-0.2, 0) is 25.7 Å². The third-order valence-corrected chi connectivity index (χ3v) is 7.71. The Balaban J connectivity index is 1.63. The number of hydrogen-bond acceptors (Lipinski definition) is 4. The fraction of sp³-hybridized carbons (Fsp3) is 0.679. The van der Waals surface area contributed by atoms with E-state index in [9.17, 15) is 23.2 Å². The maximum Gasteiger partial charge on any atom is 0.329 e. The van der Waals surface area contributed by atoms with Gasteiger partial charge in [-0.15, -0.1) is 0 Å². The minimum Gasteiger partial charge on any atom is -0.461 e. The minimum atomic E-state index is -0.986. The van der Waals surface area contributed by atoms with Gasteiger partial charge in [0.2, 0.25) is 11.8 Å². The molecule has 0 bridgehead atoms. The van der Waals surface area contributed by atoms with E-state index in [0.29, 0.717) is 24.2 Å². The van der Waals surface area contributed by atoms with Crippen molar-refractivity contribution in [3.63, 3.8) is 0 Å². The molecule has 200 valence electrons. The molecule has 2 amide bonds. The number of esters is 1. The smallest absolute Gasteiger partial charge is 0.329 e. The molecule has 0 spiro atoms. The summed E-state index contributed by atoms with van der Waals surface area (Å²) >= 11 is 0. The fourth-order valence-electron chi connectivity index (χ4n) is 5.49. The molecule has 3 rings (SSSR count). The molecule has 8 heteroatoms. The highest BCUT2D eigenvalue weighted by atomic mass is 19.2. The number of rotatable bonds is 9. The predicted molar refractivity (Wildman–Crippen MR) is 133 cm³/mol. The van der Waals surface area contributed by atoms with Gasteiger partial charge < -0.3 is 15.0 Å². The van der Waals surface area contributed by atoms with Crippen LogP contribution in [0.2, 0.25) is 0 Å². The Morgan fingerprint density at radius 3 is 2.53 bits per heavy atom. The molecule has 0 aromatic heterocycles. The Bertz CT molecular complexity index is 951. The normalized spacial score (nSPS) is 25.4. The van der Waals surface area contributed by atoms with Gasteiger partial charge in [-0.2, -0.15) is 0 Å². The maximum absolute atomic E-state index is 14.2. The molecule has 1 heterocycles. The first kappa shape index (κ1) is 28.1. The van der Waals surface area contributed by atoms with E-state index in [-0.39, 0.29) is 48.8 Å². The first-order chi connectivity index (χ1) is 17.0. The van der Waals surface area contributed by atoms with E-state index in [1.807, 2.05) is 13.8 Å². The molecule has 5 atom stereocenters. The molecule has 0 radical (unpaired) electrons. The average Bonchev–Trinajstić information content (AvgIpc) is 3.13. The van der Waals surface area contributed by atoms with E-state index >= 15 is 0 Å². The molecule has 1 saturated carbocycles. The zero-order valence-electron chi connectivity index (χ0n) is 22.1. The van der Waals surface area contributed by atoms with Crippen LogP contribution in [0.4, 0.5) is 8.78 Å². The van der Waals surface area contributed by atoms with Crippen molar-refractivity contribution >= 4 is 17.8 Å². The summed E-state index contributed by atoms with van der Waals surface area (Å²) in [4.78, 5) is 40.0. The molecule has 1 aliphatic carbocycles. The van der Waals surface area contributed by atoms with Gasteiger partial charge in [0.15, 0.2) is 11.6 Å². The number of carbonyl (C=O) groups is 3. The predicted octanol–water partition coefficient (Wildman–Crippen LogP) is 4.99. The molecule has 2 aliphatic rings. The fourth-order valence-corrected chi connectivity index (χ4v) is 5.49. The van der Waals surface area contributed by atoms with Gasteiger partial charge in [-0.3, -0.25) is 9.59 Å². The van der Waals surface area contributed by atoms with Crippen molar-refractivity contribution in [2.75, 3.05) is 0 Å². The maximum atomic E-state index is 14.2. The molecular weight excluding hydrogens is 466 g/mol. The van der Waals surface area contributed by atoms with Crippen molar-refractivity contribution in [3.8, 4) is 0 Å². The van der Waals surface area contributed by atoms with Gasteiger partial charge >= 0.3 is 5.97 Å². The lowest BCUT2D eigenvalue weighted by atomic mass is 9.75. The second-order valence-corrected chi connectivity index (χ2v) is 11.2. The van der Waals surface area contributed by atoms with Gasteiger partial charge in [0, 0.05) is 31.0 Å². The Morgan fingerprint density at radius 2 is 1.86 bits per heavy atom. The molecule has 1 aliphatic heterocycles. The Kier molecular flexibility index (Phi) is 9.47. The first-order valence-corrected chi connectivity index (χ1v) is 13.2. The van der Waals surface area contributed by atoms with E-state index in [4.69, 9.17) is 4.74 Å². The van der Waals surface area contributed by atoms with Gasteiger partial charge in [-0.25, -0.2) is 13.6 Å². The zero-order valence-corrected chi connectivity index (χ0v) is 22.1. The minimum absolute atomic E-state index is 0.0196. The highest BCUT2D eigenvalue weighted by Gasteiger charge is 2.37. The van der Waals surface area contributed by atoms with Crippen LogP contribution in [0.5, 0.6) is 0 Å². The summed E-state index contributed by atoms with van der Waals surface area (Å²) in [5.74, 6) is -1.95. The van der Waals surface area contributed by atoms with Gasteiger partial charge in [0.05, 0.1) is 0 Å². The van der Waals surface area contributed by atoms with Crippen molar-refractivity contribution in [2.45, 2.75) is 97.9 Å². The summed E-state index contributed by atoms with van der Waals surface area (Å²) < 4.78 is 33.8. The lowest BCUT2D eigenvalue weighted by molar-refractivity contribution is -0.161. The number of ether oxygens (including phenoxy) is 1. The average molecular weight is 507 g/mol. The number of carbonyl (C=O) groups excluding carboxylic acids is 3. The van der Waals surface area contributed by atoms with Gasteiger partial charge in [-0.05, 0) is 49.0 Å². The summed E-state index contributed by atoms with van der Waals surface area (Å²) in [5, 5.41) is 2.82. The van der Waals surface area contributed by atoms with Gasteiger partial charge in [-0.1, -0.05) is 53.2 Å². The molecule has 1 aromatic carbocycles. The number of hydrogen-bond donors (Lipinski definition) is 1. The molecule has 2 fully saturated rings. The largest absolute Gasteiger partial charge is 0.461 e. The Labute approximate surface area is 213 Å². The van der Waals surface area contributed by atoms with Crippen LogP contribution in [0.1, 0.15) is 78.7 Å². The summed E-state index contributed by atoms with van der Waals surface area (Å²) in [6.45, 7) is 10.1. The number of nitrogens with one attached hydrogen (secondary N) is 1. The molecular formula is C28H40F2N2O4. The second kappa shape index (κ2) is 12.2. The monoisotopic (exact) mass is 506 g/mol.